The van der Waals surface area contributed by atoms with Gasteiger partial charge in [-0.3, -0.25) is 0 Å². The Kier molecular flexibility index (Phi) is 9.54. The molecular weight excluding hydrogens is 188 g/mol. The molecule has 0 saturated heterocycles. The Hall–Kier alpha value is -0.600. The smallest absolute Gasteiger partial charge is 0.0836 e. The molecule has 2 N–H and O–H groups in total. The molecule has 0 amide bonds. The first-order chi connectivity index (χ1) is 7.22. The Morgan fingerprint density at radius 2 is 1.73 bits per heavy atom. The normalized spacial score (nSPS) is 15.4. The van der Waals surface area contributed by atoms with E-state index in [0.717, 1.165) is 6.42 Å². The molecule has 0 aromatic carbocycles. The first kappa shape index (κ1) is 14.4. The van der Waals surface area contributed by atoms with Crippen LogP contribution < -0.4 is 0 Å². The van der Waals surface area contributed by atoms with Gasteiger partial charge in [0.2, 0.25) is 0 Å². The van der Waals surface area contributed by atoms with E-state index < -0.39 is 12.2 Å². The van der Waals surface area contributed by atoms with Crippen molar-refractivity contribution in [1.29, 1.82) is 0 Å². The van der Waals surface area contributed by atoms with Crippen LogP contribution in [-0.4, -0.2) is 22.4 Å². The van der Waals surface area contributed by atoms with Crippen molar-refractivity contribution in [2.75, 3.05) is 0 Å². The lowest BCUT2D eigenvalue weighted by Gasteiger charge is -2.13. The molecule has 0 fully saturated rings. The first-order valence-corrected chi connectivity index (χ1v) is 5.84. The molecule has 0 bridgehead atoms. The van der Waals surface area contributed by atoms with E-state index in [4.69, 9.17) is 0 Å². The fourth-order valence-electron chi connectivity index (χ4n) is 1.35. The zero-order valence-electron chi connectivity index (χ0n) is 9.73. The molecular formula is C13H24O2. The summed E-state index contributed by atoms with van der Waals surface area (Å²) in [6.07, 6.45) is 10.1. The molecule has 0 rings (SSSR count). The Morgan fingerprint density at radius 3 is 2.33 bits per heavy atom. The van der Waals surface area contributed by atoms with Crippen LogP contribution >= 0.6 is 0 Å². The van der Waals surface area contributed by atoms with Crippen molar-refractivity contribution < 1.29 is 10.2 Å². The summed E-state index contributed by atoms with van der Waals surface area (Å²) in [6.45, 7) is 5.70. The van der Waals surface area contributed by atoms with Gasteiger partial charge >= 0.3 is 0 Å². The summed E-state index contributed by atoms with van der Waals surface area (Å²) in [5, 5.41) is 18.9. The molecule has 88 valence electrons. The van der Waals surface area contributed by atoms with E-state index in [1.54, 1.807) is 6.08 Å². The van der Waals surface area contributed by atoms with Crippen LogP contribution in [0.2, 0.25) is 0 Å². The van der Waals surface area contributed by atoms with E-state index in [2.05, 4.69) is 19.6 Å². The van der Waals surface area contributed by atoms with Gasteiger partial charge in [-0.2, -0.15) is 0 Å². The summed E-state index contributed by atoms with van der Waals surface area (Å²) in [6, 6.07) is 0. The first-order valence-electron chi connectivity index (χ1n) is 5.84. The molecule has 15 heavy (non-hydrogen) atoms. The maximum Gasteiger partial charge on any atom is 0.0836 e. The van der Waals surface area contributed by atoms with E-state index in [0.29, 0.717) is 12.8 Å². The fourth-order valence-corrected chi connectivity index (χ4v) is 1.35. The molecule has 0 aliphatic rings. The van der Waals surface area contributed by atoms with Crippen LogP contribution in [0.25, 0.3) is 0 Å². The molecule has 0 aliphatic carbocycles. The van der Waals surface area contributed by atoms with Crippen molar-refractivity contribution in [1.82, 2.24) is 0 Å². The maximum atomic E-state index is 9.50. The van der Waals surface area contributed by atoms with E-state index in [1.165, 1.54) is 19.3 Å². The minimum atomic E-state index is -0.678. The van der Waals surface area contributed by atoms with E-state index in [-0.39, 0.29) is 0 Å². The van der Waals surface area contributed by atoms with Crippen molar-refractivity contribution in [3.8, 4) is 0 Å². The van der Waals surface area contributed by atoms with Gasteiger partial charge in [-0.1, -0.05) is 38.0 Å². The van der Waals surface area contributed by atoms with Crippen LogP contribution in [0, 0.1) is 0 Å². The zero-order valence-corrected chi connectivity index (χ0v) is 9.73. The summed E-state index contributed by atoms with van der Waals surface area (Å²) in [4.78, 5) is 0. The van der Waals surface area contributed by atoms with Gasteiger partial charge in [0.1, 0.15) is 0 Å². The highest BCUT2D eigenvalue weighted by Crippen LogP contribution is 2.06. The molecule has 0 heterocycles. The van der Waals surface area contributed by atoms with Gasteiger partial charge in [-0.15, -0.1) is 6.58 Å². The SMILES string of the molecule is C=CCC(O)C(O)CC=CCCCCC. The summed E-state index contributed by atoms with van der Waals surface area (Å²) < 4.78 is 0. The number of hydrogen-bond donors (Lipinski definition) is 2. The third-order valence-electron chi connectivity index (χ3n) is 2.37. The minimum Gasteiger partial charge on any atom is -0.390 e. The van der Waals surface area contributed by atoms with Crippen LogP contribution in [0.1, 0.15) is 45.4 Å². The molecule has 2 heteroatoms. The lowest BCUT2D eigenvalue weighted by Crippen LogP contribution is -2.24. The van der Waals surface area contributed by atoms with Crippen molar-refractivity contribution >= 4 is 0 Å². The van der Waals surface area contributed by atoms with Crippen molar-refractivity contribution in [2.45, 2.75) is 57.7 Å². The quantitative estimate of drug-likeness (QED) is 0.456. The van der Waals surface area contributed by atoms with Crippen molar-refractivity contribution in [2.24, 2.45) is 0 Å². The van der Waals surface area contributed by atoms with Gasteiger partial charge in [0.15, 0.2) is 0 Å². The molecule has 2 unspecified atom stereocenters. The molecule has 0 saturated carbocycles. The Labute approximate surface area is 93.3 Å². The number of allylic oxidation sites excluding steroid dienone is 1. The predicted octanol–water partition coefficient (Wildman–Crippen LogP) is 2.81. The maximum absolute atomic E-state index is 9.50. The van der Waals surface area contributed by atoms with Gasteiger partial charge in [-0.05, 0) is 25.7 Å². The van der Waals surface area contributed by atoms with Crippen LogP contribution in [0.5, 0.6) is 0 Å². The van der Waals surface area contributed by atoms with Gasteiger partial charge < -0.3 is 10.2 Å². The van der Waals surface area contributed by atoms with Crippen LogP contribution in [0.4, 0.5) is 0 Å². The second kappa shape index (κ2) is 9.94. The monoisotopic (exact) mass is 212 g/mol. The van der Waals surface area contributed by atoms with Crippen molar-refractivity contribution in [3.63, 3.8) is 0 Å². The average molecular weight is 212 g/mol. The zero-order chi connectivity index (χ0) is 11.5. The molecule has 0 spiro atoms. The molecule has 2 atom stereocenters. The highest BCUT2D eigenvalue weighted by atomic mass is 16.3. The molecule has 0 aromatic heterocycles. The van der Waals surface area contributed by atoms with Crippen LogP contribution in [0.15, 0.2) is 24.8 Å². The van der Waals surface area contributed by atoms with E-state index >= 15 is 0 Å². The highest BCUT2D eigenvalue weighted by molar-refractivity contribution is 4.87. The largest absolute Gasteiger partial charge is 0.390 e. The standard InChI is InChI=1S/C13H24O2/c1-3-5-6-7-8-9-11-13(15)12(14)10-4-2/h4,8-9,12-15H,2-3,5-7,10-11H2,1H3. The number of unbranched alkanes of at least 4 members (excludes halogenated alkanes) is 3. The number of aliphatic hydroxyl groups is 2. The highest BCUT2D eigenvalue weighted by Gasteiger charge is 2.12. The summed E-state index contributed by atoms with van der Waals surface area (Å²) >= 11 is 0. The number of rotatable bonds is 9. The summed E-state index contributed by atoms with van der Waals surface area (Å²) in [5.74, 6) is 0. The number of hydrogen-bond acceptors (Lipinski definition) is 2. The lowest BCUT2D eigenvalue weighted by molar-refractivity contribution is 0.0238. The summed E-state index contributed by atoms with van der Waals surface area (Å²) in [7, 11) is 0. The van der Waals surface area contributed by atoms with Crippen LogP contribution in [0.3, 0.4) is 0 Å². The second-order valence-electron chi connectivity index (χ2n) is 3.86. The van der Waals surface area contributed by atoms with Gasteiger partial charge in [0.25, 0.3) is 0 Å². The predicted molar refractivity (Wildman–Crippen MR) is 64.7 cm³/mol. The molecule has 0 aliphatic heterocycles. The Bertz CT molecular complexity index is 175. The third kappa shape index (κ3) is 8.40. The molecule has 0 radical (unpaired) electrons. The van der Waals surface area contributed by atoms with Crippen LogP contribution in [-0.2, 0) is 0 Å². The van der Waals surface area contributed by atoms with E-state index in [1.807, 2.05) is 6.08 Å². The number of aliphatic hydroxyl groups excluding tert-OH is 2. The van der Waals surface area contributed by atoms with Crippen molar-refractivity contribution in [3.05, 3.63) is 24.8 Å². The molecule has 2 nitrogen and oxygen atoms in total. The third-order valence-corrected chi connectivity index (χ3v) is 2.37. The average Bonchev–Trinajstić information content (AvgIpc) is 2.23. The van der Waals surface area contributed by atoms with Gasteiger partial charge in [0.05, 0.1) is 12.2 Å². The lowest BCUT2D eigenvalue weighted by atomic mass is 10.1. The Balaban J connectivity index is 3.51. The summed E-state index contributed by atoms with van der Waals surface area (Å²) in [5.41, 5.74) is 0. The van der Waals surface area contributed by atoms with Gasteiger partial charge in [-0.25, -0.2) is 0 Å². The van der Waals surface area contributed by atoms with Gasteiger partial charge in [0, 0.05) is 0 Å². The second-order valence-corrected chi connectivity index (χ2v) is 3.86. The minimum absolute atomic E-state index is 0.449. The fraction of sp³-hybridized carbons (Fsp3) is 0.692. The Morgan fingerprint density at radius 1 is 1.07 bits per heavy atom. The van der Waals surface area contributed by atoms with E-state index in [9.17, 15) is 10.2 Å². The topological polar surface area (TPSA) is 40.5 Å². The molecule has 0 aromatic rings.